The summed E-state index contributed by atoms with van der Waals surface area (Å²) in [6.07, 6.45) is 10.8. The van der Waals surface area contributed by atoms with Crippen LogP contribution in [0.25, 0.3) is 11.5 Å². The minimum Gasteiger partial charge on any atom is -0.348 e. The van der Waals surface area contributed by atoms with Gasteiger partial charge in [-0.3, -0.25) is 9.36 Å². The molecule has 8 heteroatoms. The third-order valence-corrected chi connectivity index (χ3v) is 4.87. The molecule has 1 N–H and O–H groups in total. The van der Waals surface area contributed by atoms with Gasteiger partial charge < -0.3 is 5.32 Å². The van der Waals surface area contributed by atoms with Gasteiger partial charge in [-0.2, -0.15) is 5.10 Å². The summed E-state index contributed by atoms with van der Waals surface area (Å²) in [5, 5.41) is 8.06. The Morgan fingerprint density at radius 1 is 1.07 bits per heavy atom. The molecule has 28 heavy (non-hydrogen) atoms. The van der Waals surface area contributed by atoms with Gasteiger partial charge in [0.25, 0.3) is 5.91 Å². The summed E-state index contributed by atoms with van der Waals surface area (Å²) in [6, 6.07) is 13.1. The SMILES string of the molecule is CSc1nccn1-c1cccc(C(=O)NCc2cccnc2-n2cccn2)c1. The van der Waals surface area contributed by atoms with Gasteiger partial charge in [-0.15, -0.1) is 0 Å². The van der Waals surface area contributed by atoms with Crippen LogP contribution in [0.3, 0.4) is 0 Å². The smallest absolute Gasteiger partial charge is 0.251 e. The Kier molecular flexibility index (Phi) is 5.20. The Labute approximate surface area is 166 Å². The molecule has 0 aliphatic rings. The van der Waals surface area contributed by atoms with Crippen molar-refractivity contribution in [3.63, 3.8) is 0 Å². The van der Waals surface area contributed by atoms with Gasteiger partial charge in [0.2, 0.25) is 0 Å². The predicted octanol–water partition coefficient (Wildman–Crippen LogP) is 3.10. The lowest BCUT2D eigenvalue weighted by atomic mass is 10.1. The minimum absolute atomic E-state index is 0.150. The number of carbonyl (C=O) groups is 1. The molecule has 1 aromatic carbocycles. The summed E-state index contributed by atoms with van der Waals surface area (Å²) in [5.41, 5.74) is 2.37. The van der Waals surface area contributed by atoms with E-state index in [4.69, 9.17) is 0 Å². The van der Waals surface area contributed by atoms with E-state index >= 15 is 0 Å². The number of hydrogen-bond acceptors (Lipinski definition) is 5. The summed E-state index contributed by atoms with van der Waals surface area (Å²) in [6.45, 7) is 0.354. The van der Waals surface area contributed by atoms with E-state index in [0.29, 0.717) is 17.9 Å². The average Bonchev–Trinajstić information content (AvgIpc) is 3.44. The first-order chi connectivity index (χ1) is 13.8. The number of carbonyl (C=O) groups excluding carboxylic acids is 1. The van der Waals surface area contributed by atoms with Crippen LogP contribution < -0.4 is 5.32 Å². The minimum atomic E-state index is -0.150. The third-order valence-electron chi connectivity index (χ3n) is 4.20. The van der Waals surface area contributed by atoms with Crippen LogP contribution in [-0.4, -0.2) is 36.5 Å². The Balaban J connectivity index is 1.52. The number of hydrogen-bond donors (Lipinski definition) is 1. The normalized spacial score (nSPS) is 10.8. The number of amides is 1. The second-order valence-electron chi connectivity index (χ2n) is 5.95. The van der Waals surface area contributed by atoms with Crippen LogP contribution in [0.2, 0.25) is 0 Å². The number of nitrogens with one attached hydrogen (secondary N) is 1. The van der Waals surface area contributed by atoms with Gasteiger partial charge in [0.15, 0.2) is 11.0 Å². The van der Waals surface area contributed by atoms with Crippen molar-refractivity contribution in [2.75, 3.05) is 6.26 Å². The van der Waals surface area contributed by atoms with E-state index in [0.717, 1.165) is 16.4 Å². The molecular formula is C20H18N6OS. The van der Waals surface area contributed by atoms with Crippen LogP contribution >= 0.6 is 11.8 Å². The van der Waals surface area contributed by atoms with Gasteiger partial charge in [0, 0.05) is 54.3 Å². The van der Waals surface area contributed by atoms with Crippen molar-refractivity contribution in [3.05, 3.63) is 84.6 Å². The first-order valence-corrected chi connectivity index (χ1v) is 9.88. The van der Waals surface area contributed by atoms with E-state index in [9.17, 15) is 4.79 Å². The van der Waals surface area contributed by atoms with E-state index in [1.54, 1.807) is 41.1 Å². The highest BCUT2D eigenvalue weighted by molar-refractivity contribution is 7.98. The molecule has 0 atom stereocenters. The quantitative estimate of drug-likeness (QED) is 0.512. The average molecular weight is 390 g/mol. The van der Waals surface area contributed by atoms with Gasteiger partial charge in [-0.05, 0) is 36.6 Å². The zero-order valence-corrected chi connectivity index (χ0v) is 16.0. The van der Waals surface area contributed by atoms with Gasteiger partial charge in [-0.1, -0.05) is 23.9 Å². The largest absolute Gasteiger partial charge is 0.348 e. The fourth-order valence-corrected chi connectivity index (χ4v) is 3.41. The first-order valence-electron chi connectivity index (χ1n) is 8.66. The first kappa shape index (κ1) is 18.0. The molecule has 0 unspecified atom stereocenters. The van der Waals surface area contributed by atoms with Crippen LogP contribution in [-0.2, 0) is 6.54 Å². The van der Waals surface area contributed by atoms with Gasteiger partial charge >= 0.3 is 0 Å². The number of rotatable bonds is 6. The van der Waals surface area contributed by atoms with Crippen molar-refractivity contribution in [1.82, 2.24) is 29.6 Å². The van der Waals surface area contributed by atoms with Crippen LogP contribution in [0.15, 0.2) is 78.6 Å². The molecule has 4 rings (SSSR count). The standard InChI is InChI=1S/C20H18N6OS/c1-28-20-22-10-12-25(20)17-7-2-5-15(13-17)19(27)23-14-16-6-3-8-21-18(16)26-11-4-9-24-26/h2-13H,14H2,1H3,(H,23,27). The maximum Gasteiger partial charge on any atom is 0.251 e. The summed E-state index contributed by atoms with van der Waals surface area (Å²) in [4.78, 5) is 21.4. The summed E-state index contributed by atoms with van der Waals surface area (Å²) < 4.78 is 3.64. The lowest BCUT2D eigenvalue weighted by Crippen LogP contribution is -2.24. The molecule has 0 aliphatic heterocycles. The number of benzene rings is 1. The van der Waals surface area contributed by atoms with Crippen molar-refractivity contribution < 1.29 is 4.79 Å². The molecule has 0 radical (unpaired) electrons. The number of pyridine rings is 1. The monoisotopic (exact) mass is 390 g/mol. The van der Waals surface area contributed by atoms with Crippen molar-refractivity contribution in [2.45, 2.75) is 11.7 Å². The van der Waals surface area contributed by atoms with Crippen molar-refractivity contribution >= 4 is 17.7 Å². The number of nitrogens with zero attached hydrogens (tertiary/aromatic N) is 5. The Morgan fingerprint density at radius 3 is 2.82 bits per heavy atom. The second-order valence-corrected chi connectivity index (χ2v) is 6.73. The maximum absolute atomic E-state index is 12.7. The topological polar surface area (TPSA) is 77.6 Å². The van der Waals surface area contributed by atoms with E-state index in [-0.39, 0.29) is 5.91 Å². The molecule has 4 aromatic rings. The van der Waals surface area contributed by atoms with Gasteiger partial charge in [-0.25, -0.2) is 14.6 Å². The van der Waals surface area contributed by atoms with Gasteiger partial charge in [0.1, 0.15) is 0 Å². The van der Waals surface area contributed by atoms with E-state index in [1.807, 2.05) is 59.6 Å². The highest BCUT2D eigenvalue weighted by atomic mass is 32.2. The zero-order chi connectivity index (χ0) is 19.3. The molecule has 0 bridgehead atoms. The molecule has 0 spiro atoms. The predicted molar refractivity (Wildman–Crippen MR) is 108 cm³/mol. The van der Waals surface area contributed by atoms with Crippen LogP contribution in [0.1, 0.15) is 15.9 Å². The zero-order valence-electron chi connectivity index (χ0n) is 15.2. The highest BCUT2D eigenvalue weighted by Gasteiger charge is 2.11. The fraction of sp³-hybridized carbons (Fsp3) is 0.100. The molecule has 0 aliphatic carbocycles. The van der Waals surface area contributed by atoms with Crippen molar-refractivity contribution in [1.29, 1.82) is 0 Å². The Bertz CT molecular complexity index is 1090. The molecule has 140 valence electrons. The third kappa shape index (κ3) is 3.67. The molecule has 7 nitrogen and oxygen atoms in total. The highest BCUT2D eigenvalue weighted by Crippen LogP contribution is 2.19. The molecule has 1 amide bonds. The number of aromatic nitrogens is 5. The Hall–Kier alpha value is -3.39. The molecular weight excluding hydrogens is 372 g/mol. The van der Waals surface area contributed by atoms with E-state index in [2.05, 4.69) is 20.4 Å². The van der Waals surface area contributed by atoms with Crippen molar-refractivity contribution in [3.8, 4) is 11.5 Å². The van der Waals surface area contributed by atoms with Gasteiger partial charge in [0.05, 0.1) is 0 Å². The number of imidazole rings is 1. The fourth-order valence-electron chi connectivity index (χ4n) is 2.88. The van der Waals surface area contributed by atoms with Crippen LogP contribution in [0.5, 0.6) is 0 Å². The van der Waals surface area contributed by atoms with Crippen molar-refractivity contribution in [2.24, 2.45) is 0 Å². The maximum atomic E-state index is 12.7. The second kappa shape index (κ2) is 8.10. The summed E-state index contributed by atoms with van der Waals surface area (Å²) in [7, 11) is 0. The van der Waals surface area contributed by atoms with E-state index < -0.39 is 0 Å². The lowest BCUT2D eigenvalue weighted by Gasteiger charge is -2.11. The summed E-state index contributed by atoms with van der Waals surface area (Å²) >= 11 is 1.56. The summed E-state index contributed by atoms with van der Waals surface area (Å²) in [5.74, 6) is 0.549. The number of thioether (sulfide) groups is 1. The van der Waals surface area contributed by atoms with Crippen LogP contribution in [0, 0.1) is 0 Å². The molecule has 0 fully saturated rings. The van der Waals surface area contributed by atoms with Crippen LogP contribution in [0.4, 0.5) is 0 Å². The Morgan fingerprint density at radius 2 is 2.00 bits per heavy atom. The molecule has 3 heterocycles. The molecule has 3 aromatic heterocycles. The molecule has 0 saturated carbocycles. The molecule has 0 saturated heterocycles. The van der Waals surface area contributed by atoms with E-state index in [1.165, 1.54) is 0 Å². The lowest BCUT2D eigenvalue weighted by molar-refractivity contribution is 0.0951.